The number of rotatable bonds is 8. The van der Waals surface area contributed by atoms with Gasteiger partial charge < -0.3 is 9.84 Å². The summed E-state index contributed by atoms with van der Waals surface area (Å²) in [6.45, 7) is 3.21. The highest BCUT2D eigenvalue weighted by molar-refractivity contribution is 7.92. The standard InChI is InChI=1S/C13H24O5S/c1-2-12(13(14)15)19(16,17)10-4-3-5-11-6-8-18-9-7-11/h11-12H,2-10H2,1H3,(H,14,15). The van der Waals surface area contributed by atoms with E-state index in [9.17, 15) is 13.2 Å². The van der Waals surface area contributed by atoms with Crippen molar-refractivity contribution in [2.45, 2.75) is 50.7 Å². The molecular weight excluding hydrogens is 268 g/mol. The highest BCUT2D eigenvalue weighted by Gasteiger charge is 2.30. The molecule has 0 aromatic heterocycles. The van der Waals surface area contributed by atoms with E-state index in [1.165, 1.54) is 0 Å². The van der Waals surface area contributed by atoms with E-state index < -0.39 is 21.1 Å². The zero-order valence-corrected chi connectivity index (χ0v) is 12.3. The maximum atomic E-state index is 11.9. The predicted octanol–water partition coefficient (Wildman–Crippen LogP) is 1.86. The first-order valence-electron chi connectivity index (χ1n) is 6.99. The van der Waals surface area contributed by atoms with Gasteiger partial charge in [-0.25, -0.2) is 8.42 Å². The summed E-state index contributed by atoms with van der Waals surface area (Å²) in [5, 5.41) is 7.64. The summed E-state index contributed by atoms with van der Waals surface area (Å²) in [5.41, 5.74) is 0. The van der Waals surface area contributed by atoms with E-state index in [1.807, 2.05) is 0 Å². The monoisotopic (exact) mass is 292 g/mol. The molecule has 1 unspecified atom stereocenters. The van der Waals surface area contributed by atoms with Gasteiger partial charge in [0.05, 0.1) is 5.75 Å². The minimum atomic E-state index is -3.50. The predicted molar refractivity (Wildman–Crippen MR) is 72.9 cm³/mol. The van der Waals surface area contributed by atoms with Gasteiger partial charge in [0.25, 0.3) is 0 Å². The molecule has 1 aliphatic heterocycles. The highest BCUT2D eigenvalue weighted by atomic mass is 32.2. The van der Waals surface area contributed by atoms with E-state index in [0.717, 1.165) is 38.9 Å². The number of carboxylic acids is 1. The summed E-state index contributed by atoms with van der Waals surface area (Å²) >= 11 is 0. The summed E-state index contributed by atoms with van der Waals surface area (Å²) in [4.78, 5) is 10.9. The van der Waals surface area contributed by atoms with Crippen molar-refractivity contribution in [3.8, 4) is 0 Å². The molecule has 112 valence electrons. The van der Waals surface area contributed by atoms with Crippen LogP contribution in [0, 0.1) is 5.92 Å². The first-order chi connectivity index (χ1) is 8.97. The summed E-state index contributed by atoms with van der Waals surface area (Å²) in [6, 6.07) is 0. The average Bonchev–Trinajstić information content (AvgIpc) is 2.36. The topological polar surface area (TPSA) is 80.7 Å². The molecule has 1 aliphatic rings. The van der Waals surface area contributed by atoms with Crippen LogP contribution in [0.3, 0.4) is 0 Å². The Kier molecular flexibility index (Phi) is 6.79. The number of unbranched alkanes of at least 4 members (excludes halogenated alkanes) is 1. The number of hydrogen-bond donors (Lipinski definition) is 1. The van der Waals surface area contributed by atoms with Gasteiger partial charge in [0.1, 0.15) is 0 Å². The van der Waals surface area contributed by atoms with Crippen molar-refractivity contribution in [3.05, 3.63) is 0 Å². The second kappa shape index (κ2) is 7.85. The number of carbonyl (C=O) groups is 1. The zero-order valence-electron chi connectivity index (χ0n) is 11.5. The zero-order chi connectivity index (χ0) is 14.3. The van der Waals surface area contributed by atoms with Crippen molar-refractivity contribution in [3.63, 3.8) is 0 Å². The molecule has 1 atom stereocenters. The number of sulfone groups is 1. The fourth-order valence-corrected chi connectivity index (χ4v) is 4.20. The van der Waals surface area contributed by atoms with Crippen LogP contribution in [0.1, 0.15) is 45.4 Å². The number of ether oxygens (including phenoxy) is 1. The van der Waals surface area contributed by atoms with E-state index >= 15 is 0 Å². The van der Waals surface area contributed by atoms with Crippen LogP contribution in [0.25, 0.3) is 0 Å². The molecule has 1 fully saturated rings. The second-order valence-electron chi connectivity index (χ2n) is 5.15. The van der Waals surface area contributed by atoms with Crippen molar-refractivity contribution in [2.75, 3.05) is 19.0 Å². The Hall–Kier alpha value is -0.620. The van der Waals surface area contributed by atoms with Crippen LogP contribution >= 0.6 is 0 Å². The number of hydrogen-bond acceptors (Lipinski definition) is 4. The van der Waals surface area contributed by atoms with Gasteiger partial charge in [0.15, 0.2) is 15.1 Å². The highest BCUT2D eigenvalue weighted by Crippen LogP contribution is 2.21. The second-order valence-corrected chi connectivity index (χ2v) is 7.46. The van der Waals surface area contributed by atoms with Gasteiger partial charge in [0, 0.05) is 13.2 Å². The Balaban J connectivity index is 2.29. The first-order valence-corrected chi connectivity index (χ1v) is 8.71. The van der Waals surface area contributed by atoms with Gasteiger partial charge in [-0.2, -0.15) is 0 Å². The Morgan fingerprint density at radius 3 is 2.47 bits per heavy atom. The lowest BCUT2D eigenvalue weighted by Crippen LogP contribution is -2.31. The molecule has 0 spiro atoms. The molecule has 0 aromatic rings. The third-order valence-electron chi connectivity index (χ3n) is 3.71. The minimum Gasteiger partial charge on any atom is -0.480 e. The van der Waals surface area contributed by atoms with Crippen molar-refractivity contribution >= 4 is 15.8 Å². The van der Waals surface area contributed by atoms with E-state index in [0.29, 0.717) is 12.3 Å². The summed E-state index contributed by atoms with van der Waals surface area (Å²) in [6.07, 6.45) is 4.67. The summed E-state index contributed by atoms with van der Waals surface area (Å²) < 4.78 is 29.0. The van der Waals surface area contributed by atoms with Crippen LogP contribution in [0.4, 0.5) is 0 Å². The first kappa shape index (κ1) is 16.4. The Morgan fingerprint density at radius 1 is 1.32 bits per heavy atom. The van der Waals surface area contributed by atoms with E-state index in [-0.39, 0.29) is 12.2 Å². The lowest BCUT2D eigenvalue weighted by atomic mass is 9.94. The van der Waals surface area contributed by atoms with Crippen molar-refractivity contribution in [1.82, 2.24) is 0 Å². The Morgan fingerprint density at radius 2 is 1.95 bits per heavy atom. The van der Waals surface area contributed by atoms with Crippen LogP contribution < -0.4 is 0 Å². The third-order valence-corrected chi connectivity index (χ3v) is 5.97. The van der Waals surface area contributed by atoms with Crippen LogP contribution in [0.15, 0.2) is 0 Å². The van der Waals surface area contributed by atoms with Gasteiger partial charge in [-0.05, 0) is 31.6 Å². The minimum absolute atomic E-state index is 0.0129. The third kappa shape index (κ3) is 5.48. The molecule has 1 N–H and O–H groups in total. The lowest BCUT2D eigenvalue weighted by molar-refractivity contribution is -0.136. The van der Waals surface area contributed by atoms with Crippen LogP contribution in [-0.2, 0) is 19.4 Å². The smallest absolute Gasteiger partial charge is 0.321 e. The number of carboxylic acid groups (broad SMARTS) is 1. The molecule has 0 saturated carbocycles. The van der Waals surface area contributed by atoms with E-state index in [2.05, 4.69) is 0 Å². The van der Waals surface area contributed by atoms with Crippen LogP contribution in [0.2, 0.25) is 0 Å². The van der Waals surface area contributed by atoms with Gasteiger partial charge in [-0.15, -0.1) is 0 Å². The maximum absolute atomic E-state index is 11.9. The molecule has 0 radical (unpaired) electrons. The Labute approximate surface area is 115 Å². The van der Waals surface area contributed by atoms with Gasteiger partial charge in [-0.3, -0.25) is 4.79 Å². The fourth-order valence-electron chi connectivity index (χ4n) is 2.50. The lowest BCUT2D eigenvalue weighted by Gasteiger charge is -2.21. The molecular formula is C13H24O5S. The average molecular weight is 292 g/mol. The SMILES string of the molecule is CCC(C(=O)O)S(=O)(=O)CCCCC1CCOCC1. The Bertz CT molecular complexity index is 370. The van der Waals surface area contributed by atoms with Crippen molar-refractivity contribution in [1.29, 1.82) is 0 Å². The van der Waals surface area contributed by atoms with Crippen LogP contribution in [0.5, 0.6) is 0 Å². The molecule has 0 amide bonds. The molecule has 19 heavy (non-hydrogen) atoms. The molecule has 0 aliphatic carbocycles. The molecule has 1 rings (SSSR count). The van der Waals surface area contributed by atoms with Gasteiger partial charge in [-0.1, -0.05) is 19.8 Å². The van der Waals surface area contributed by atoms with Crippen LogP contribution in [-0.4, -0.2) is 43.7 Å². The molecule has 5 nitrogen and oxygen atoms in total. The normalized spacial score (nSPS) is 19.2. The van der Waals surface area contributed by atoms with E-state index in [4.69, 9.17) is 9.84 Å². The largest absolute Gasteiger partial charge is 0.480 e. The molecule has 6 heteroatoms. The summed E-state index contributed by atoms with van der Waals surface area (Å²) in [7, 11) is -3.50. The van der Waals surface area contributed by atoms with Crippen molar-refractivity contribution in [2.24, 2.45) is 5.92 Å². The summed E-state index contributed by atoms with van der Waals surface area (Å²) in [5.74, 6) is -0.606. The van der Waals surface area contributed by atoms with Gasteiger partial charge in [0.2, 0.25) is 0 Å². The van der Waals surface area contributed by atoms with E-state index in [1.54, 1.807) is 6.92 Å². The van der Waals surface area contributed by atoms with Gasteiger partial charge >= 0.3 is 5.97 Å². The quantitative estimate of drug-likeness (QED) is 0.691. The maximum Gasteiger partial charge on any atom is 0.321 e. The molecule has 0 bridgehead atoms. The fraction of sp³-hybridized carbons (Fsp3) is 0.923. The van der Waals surface area contributed by atoms with Crippen molar-refractivity contribution < 1.29 is 23.1 Å². The molecule has 1 heterocycles. The molecule has 1 saturated heterocycles. The number of aliphatic carboxylic acids is 1. The molecule has 0 aromatic carbocycles.